The summed E-state index contributed by atoms with van der Waals surface area (Å²) in [6.45, 7) is 1.54. The van der Waals surface area contributed by atoms with Crippen molar-refractivity contribution in [3.8, 4) is 0 Å². The Morgan fingerprint density at radius 3 is 2.67 bits per heavy atom. The van der Waals surface area contributed by atoms with Crippen molar-refractivity contribution in [1.29, 1.82) is 0 Å². The van der Waals surface area contributed by atoms with Crippen molar-refractivity contribution in [2.45, 2.75) is 19.1 Å². The first-order valence-electron chi connectivity index (χ1n) is 3.04. The molecule has 0 saturated heterocycles. The molecule has 9 heavy (non-hydrogen) atoms. The summed E-state index contributed by atoms with van der Waals surface area (Å²) in [4.78, 5) is 0. The van der Waals surface area contributed by atoms with Gasteiger partial charge in [0.05, 0.1) is 6.04 Å². The van der Waals surface area contributed by atoms with E-state index in [2.05, 4.69) is 5.32 Å². The predicted molar refractivity (Wildman–Crippen MR) is 35.8 cm³/mol. The standard InChI is InChI=1S/C7H10FN/c1-6(8)7-4-2-3-5-9-7/h2-7,9H,1H3/t6-,7?/m0/s1. The van der Waals surface area contributed by atoms with Crippen LogP contribution in [0.3, 0.4) is 0 Å². The lowest BCUT2D eigenvalue weighted by Crippen LogP contribution is -2.31. The van der Waals surface area contributed by atoms with Gasteiger partial charge in [-0.2, -0.15) is 0 Å². The van der Waals surface area contributed by atoms with Crippen molar-refractivity contribution in [3.63, 3.8) is 0 Å². The monoisotopic (exact) mass is 127 g/mol. The summed E-state index contributed by atoms with van der Waals surface area (Å²) >= 11 is 0. The van der Waals surface area contributed by atoms with Crippen LogP contribution in [0.15, 0.2) is 24.4 Å². The fraction of sp³-hybridized carbons (Fsp3) is 0.429. The smallest absolute Gasteiger partial charge is 0.121 e. The summed E-state index contributed by atoms with van der Waals surface area (Å²) in [5.41, 5.74) is 0. The highest BCUT2D eigenvalue weighted by Gasteiger charge is 2.10. The number of hydrogen-bond acceptors (Lipinski definition) is 1. The number of dihydropyridines is 1. The maximum atomic E-state index is 12.4. The molecule has 0 aromatic carbocycles. The molecule has 1 rings (SSSR count). The van der Waals surface area contributed by atoms with Gasteiger partial charge in [-0.05, 0) is 19.2 Å². The van der Waals surface area contributed by atoms with E-state index in [4.69, 9.17) is 0 Å². The molecule has 0 aromatic rings. The zero-order chi connectivity index (χ0) is 6.69. The number of hydrogen-bond donors (Lipinski definition) is 1. The molecule has 0 saturated carbocycles. The van der Waals surface area contributed by atoms with Gasteiger partial charge < -0.3 is 5.32 Å². The van der Waals surface area contributed by atoms with Gasteiger partial charge in [0.25, 0.3) is 0 Å². The first kappa shape index (κ1) is 6.33. The van der Waals surface area contributed by atoms with Crippen molar-refractivity contribution in [3.05, 3.63) is 24.4 Å². The topological polar surface area (TPSA) is 12.0 Å². The van der Waals surface area contributed by atoms with Gasteiger partial charge in [-0.3, -0.25) is 0 Å². The largest absolute Gasteiger partial charge is 0.382 e. The molecular formula is C7H10FN. The van der Waals surface area contributed by atoms with E-state index in [1.165, 1.54) is 0 Å². The first-order chi connectivity index (χ1) is 4.30. The fourth-order valence-electron chi connectivity index (χ4n) is 0.747. The van der Waals surface area contributed by atoms with Crippen LogP contribution in [0.25, 0.3) is 0 Å². The highest BCUT2D eigenvalue weighted by Crippen LogP contribution is 2.02. The minimum Gasteiger partial charge on any atom is -0.382 e. The Balaban J connectivity index is 2.46. The number of rotatable bonds is 1. The van der Waals surface area contributed by atoms with Crippen molar-refractivity contribution in [2.24, 2.45) is 0 Å². The van der Waals surface area contributed by atoms with Crippen molar-refractivity contribution in [1.82, 2.24) is 5.32 Å². The molecule has 1 heterocycles. The van der Waals surface area contributed by atoms with E-state index in [9.17, 15) is 4.39 Å². The van der Waals surface area contributed by atoms with Gasteiger partial charge in [0.1, 0.15) is 6.17 Å². The van der Waals surface area contributed by atoms with Crippen LogP contribution >= 0.6 is 0 Å². The molecule has 1 N–H and O–H groups in total. The van der Waals surface area contributed by atoms with Gasteiger partial charge in [0.2, 0.25) is 0 Å². The third kappa shape index (κ3) is 1.56. The van der Waals surface area contributed by atoms with Gasteiger partial charge in [-0.15, -0.1) is 0 Å². The van der Waals surface area contributed by atoms with Crippen LogP contribution in [-0.4, -0.2) is 12.2 Å². The van der Waals surface area contributed by atoms with Crippen LogP contribution in [0, 0.1) is 0 Å². The fourth-order valence-corrected chi connectivity index (χ4v) is 0.747. The third-order valence-corrected chi connectivity index (χ3v) is 1.31. The van der Waals surface area contributed by atoms with Crippen LogP contribution in [0.2, 0.25) is 0 Å². The van der Waals surface area contributed by atoms with E-state index in [-0.39, 0.29) is 6.04 Å². The number of alkyl halides is 1. The molecule has 0 amide bonds. The quantitative estimate of drug-likeness (QED) is 0.561. The van der Waals surface area contributed by atoms with Gasteiger partial charge in [0.15, 0.2) is 0 Å². The third-order valence-electron chi connectivity index (χ3n) is 1.31. The zero-order valence-corrected chi connectivity index (χ0v) is 5.34. The molecule has 1 nitrogen and oxygen atoms in total. The second-order valence-electron chi connectivity index (χ2n) is 2.11. The van der Waals surface area contributed by atoms with Gasteiger partial charge in [-0.1, -0.05) is 12.2 Å². The van der Waals surface area contributed by atoms with Crippen LogP contribution in [-0.2, 0) is 0 Å². The summed E-state index contributed by atoms with van der Waals surface area (Å²) in [5, 5.41) is 2.88. The molecule has 1 aliphatic rings. The maximum absolute atomic E-state index is 12.4. The highest BCUT2D eigenvalue weighted by molar-refractivity contribution is 5.13. The van der Waals surface area contributed by atoms with Crippen molar-refractivity contribution in [2.75, 3.05) is 0 Å². The molecule has 2 atom stereocenters. The molecule has 1 aliphatic heterocycles. The molecule has 1 unspecified atom stereocenters. The maximum Gasteiger partial charge on any atom is 0.121 e. The summed E-state index contributed by atoms with van der Waals surface area (Å²) < 4.78 is 12.4. The summed E-state index contributed by atoms with van der Waals surface area (Å²) in [6.07, 6.45) is 6.44. The lowest BCUT2D eigenvalue weighted by atomic mass is 10.1. The molecule has 0 spiro atoms. The van der Waals surface area contributed by atoms with E-state index in [1.54, 1.807) is 13.1 Å². The van der Waals surface area contributed by atoms with E-state index in [0.717, 1.165) is 0 Å². The number of allylic oxidation sites excluding steroid dienone is 2. The Hall–Kier alpha value is -0.790. The van der Waals surface area contributed by atoms with E-state index in [0.29, 0.717) is 0 Å². The van der Waals surface area contributed by atoms with E-state index >= 15 is 0 Å². The number of halogens is 1. The second kappa shape index (κ2) is 2.67. The summed E-state index contributed by atoms with van der Waals surface area (Å²) in [6, 6.07) is -0.130. The molecule has 0 aliphatic carbocycles. The molecule has 2 heteroatoms. The van der Waals surface area contributed by atoms with Crippen LogP contribution < -0.4 is 5.32 Å². The van der Waals surface area contributed by atoms with Gasteiger partial charge >= 0.3 is 0 Å². The Kier molecular flexibility index (Phi) is 1.88. The van der Waals surface area contributed by atoms with Crippen LogP contribution in [0.4, 0.5) is 4.39 Å². The summed E-state index contributed by atoms with van der Waals surface area (Å²) in [5.74, 6) is 0. The second-order valence-corrected chi connectivity index (χ2v) is 2.11. The first-order valence-corrected chi connectivity index (χ1v) is 3.04. The van der Waals surface area contributed by atoms with Crippen molar-refractivity contribution < 1.29 is 4.39 Å². The Bertz CT molecular complexity index is 138. The average molecular weight is 127 g/mol. The minimum absolute atomic E-state index is 0.130. The normalized spacial score (nSPS) is 27.6. The van der Waals surface area contributed by atoms with Crippen LogP contribution in [0.1, 0.15) is 6.92 Å². The lowest BCUT2D eigenvalue weighted by molar-refractivity contribution is 0.315. The lowest BCUT2D eigenvalue weighted by Gasteiger charge is -2.15. The summed E-state index contributed by atoms with van der Waals surface area (Å²) in [7, 11) is 0. The molecule has 0 radical (unpaired) electrons. The predicted octanol–water partition coefficient (Wildman–Crippen LogP) is 1.39. The Morgan fingerprint density at radius 2 is 2.33 bits per heavy atom. The van der Waals surface area contributed by atoms with Gasteiger partial charge in [-0.25, -0.2) is 4.39 Å². The van der Waals surface area contributed by atoms with Crippen molar-refractivity contribution >= 4 is 0 Å². The van der Waals surface area contributed by atoms with Crippen LogP contribution in [0.5, 0.6) is 0 Å². The Labute approximate surface area is 54.3 Å². The number of nitrogens with one attached hydrogen (secondary N) is 1. The molecule has 0 bridgehead atoms. The molecule has 0 aromatic heterocycles. The van der Waals surface area contributed by atoms with Gasteiger partial charge in [0, 0.05) is 0 Å². The molecular weight excluding hydrogens is 117 g/mol. The highest BCUT2D eigenvalue weighted by atomic mass is 19.1. The molecule has 0 fully saturated rings. The minimum atomic E-state index is -0.814. The Morgan fingerprint density at radius 1 is 1.56 bits per heavy atom. The molecule has 50 valence electrons. The van der Waals surface area contributed by atoms with E-state index in [1.807, 2.05) is 18.2 Å². The van der Waals surface area contributed by atoms with E-state index < -0.39 is 6.17 Å². The zero-order valence-electron chi connectivity index (χ0n) is 5.34. The average Bonchev–Trinajstić information content (AvgIpc) is 1.90. The SMILES string of the molecule is C[C@H](F)C1C=CC=CN1.